The fourth-order valence-electron chi connectivity index (χ4n) is 3.23. The molecule has 1 saturated heterocycles. The molecule has 2 aromatic rings. The van der Waals surface area contributed by atoms with Gasteiger partial charge in [-0.2, -0.15) is 13.2 Å². The van der Waals surface area contributed by atoms with Crippen LogP contribution in [0, 0.1) is 0 Å². The van der Waals surface area contributed by atoms with Gasteiger partial charge in [-0.3, -0.25) is 4.79 Å². The number of carbonyl (C=O) groups is 2. The molecule has 1 aliphatic rings. The van der Waals surface area contributed by atoms with Crippen molar-refractivity contribution in [2.75, 3.05) is 13.1 Å². The molecule has 8 heteroatoms. The first-order valence-corrected chi connectivity index (χ1v) is 9.38. The Kier molecular flexibility index (Phi) is 6.41. The standard InChI is InChI=1S/C21H22F3N3O2/c22-21(23,24)17-8-4-5-15(13-17)14-25-20(29)27-11-9-18(10-12-27)26-19(28)16-6-2-1-3-7-16/h1-8,13,18H,9-12,14H2,(H,25,29)(H,26,28). The van der Waals surface area contributed by atoms with E-state index in [2.05, 4.69) is 10.6 Å². The number of carbonyl (C=O) groups excluding carboxylic acids is 2. The number of alkyl halides is 3. The van der Waals surface area contributed by atoms with Crippen molar-refractivity contribution in [1.29, 1.82) is 0 Å². The van der Waals surface area contributed by atoms with E-state index in [1.807, 2.05) is 6.07 Å². The molecule has 1 fully saturated rings. The third kappa shape index (κ3) is 5.73. The number of likely N-dealkylation sites (tertiary alicyclic amines) is 1. The molecule has 0 bridgehead atoms. The fraction of sp³-hybridized carbons (Fsp3) is 0.333. The lowest BCUT2D eigenvalue weighted by atomic mass is 10.0. The predicted octanol–water partition coefficient (Wildman–Crippen LogP) is 3.81. The maximum absolute atomic E-state index is 12.8. The molecule has 154 valence electrons. The highest BCUT2D eigenvalue weighted by Gasteiger charge is 2.30. The van der Waals surface area contributed by atoms with E-state index in [9.17, 15) is 22.8 Å². The second kappa shape index (κ2) is 8.98. The van der Waals surface area contributed by atoms with Crippen LogP contribution < -0.4 is 10.6 Å². The number of urea groups is 1. The van der Waals surface area contributed by atoms with Crippen molar-refractivity contribution in [2.45, 2.75) is 31.6 Å². The molecule has 0 radical (unpaired) electrons. The summed E-state index contributed by atoms with van der Waals surface area (Å²) in [4.78, 5) is 26.1. The van der Waals surface area contributed by atoms with Crippen LogP contribution in [0.1, 0.15) is 34.3 Å². The van der Waals surface area contributed by atoms with Crippen LogP contribution in [0.3, 0.4) is 0 Å². The Bertz CT molecular complexity index is 848. The molecule has 1 heterocycles. The number of rotatable bonds is 4. The molecular weight excluding hydrogens is 383 g/mol. The summed E-state index contributed by atoms with van der Waals surface area (Å²) in [6, 6.07) is 13.5. The van der Waals surface area contributed by atoms with Crippen LogP contribution in [0.15, 0.2) is 54.6 Å². The SMILES string of the molecule is O=C(NC1CCN(C(=O)NCc2cccc(C(F)(F)F)c2)CC1)c1ccccc1. The van der Waals surface area contributed by atoms with E-state index < -0.39 is 11.7 Å². The zero-order valence-corrected chi connectivity index (χ0v) is 15.7. The van der Waals surface area contributed by atoms with Gasteiger partial charge in [-0.15, -0.1) is 0 Å². The van der Waals surface area contributed by atoms with Gasteiger partial charge in [0.2, 0.25) is 0 Å². The second-order valence-corrected chi connectivity index (χ2v) is 6.96. The lowest BCUT2D eigenvalue weighted by Crippen LogP contribution is -2.49. The molecule has 3 amide bonds. The number of halogens is 3. The zero-order chi connectivity index (χ0) is 20.9. The molecule has 0 atom stereocenters. The minimum Gasteiger partial charge on any atom is -0.349 e. The molecule has 2 N–H and O–H groups in total. The smallest absolute Gasteiger partial charge is 0.349 e. The molecular formula is C21H22F3N3O2. The Morgan fingerprint density at radius 3 is 2.34 bits per heavy atom. The zero-order valence-electron chi connectivity index (χ0n) is 15.7. The van der Waals surface area contributed by atoms with Crippen molar-refractivity contribution in [3.05, 3.63) is 71.3 Å². The van der Waals surface area contributed by atoms with E-state index in [0.717, 1.165) is 12.1 Å². The van der Waals surface area contributed by atoms with E-state index in [-0.39, 0.29) is 24.5 Å². The van der Waals surface area contributed by atoms with Gasteiger partial charge in [0, 0.05) is 31.2 Å². The van der Waals surface area contributed by atoms with E-state index in [0.29, 0.717) is 37.1 Å². The van der Waals surface area contributed by atoms with Gasteiger partial charge in [-0.05, 0) is 42.7 Å². The first-order valence-electron chi connectivity index (χ1n) is 9.38. The number of amides is 3. The Morgan fingerprint density at radius 2 is 1.69 bits per heavy atom. The molecule has 5 nitrogen and oxygen atoms in total. The molecule has 1 aliphatic heterocycles. The summed E-state index contributed by atoms with van der Waals surface area (Å²) in [7, 11) is 0. The van der Waals surface area contributed by atoms with Crippen LogP contribution in [0.25, 0.3) is 0 Å². The largest absolute Gasteiger partial charge is 0.416 e. The number of piperidine rings is 1. The first kappa shape index (κ1) is 20.7. The third-order valence-corrected chi connectivity index (χ3v) is 4.85. The average Bonchev–Trinajstić information content (AvgIpc) is 2.73. The van der Waals surface area contributed by atoms with Crippen molar-refractivity contribution in [3.63, 3.8) is 0 Å². The van der Waals surface area contributed by atoms with Gasteiger partial charge in [0.05, 0.1) is 5.56 Å². The van der Waals surface area contributed by atoms with Crippen molar-refractivity contribution < 1.29 is 22.8 Å². The molecule has 0 spiro atoms. The van der Waals surface area contributed by atoms with Crippen LogP contribution in [-0.4, -0.2) is 36.0 Å². The molecule has 0 saturated carbocycles. The van der Waals surface area contributed by atoms with Crippen LogP contribution in [0.5, 0.6) is 0 Å². The van der Waals surface area contributed by atoms with Gasteiger partial charge in [-0.25, -0.2) is 4.79 Å². The van der Waals surface area contributed by atoms with Gasteiger partial charge in [0.1, 0.15) is 0 Å². The third-order valence-electron chi connectivity index (χ3n) is 4.85. The summed E-state index contributed by atoms with van der Waals surface area (Å²) in [6.45, 7) is 0.954. The Balaban J connectivity index is 1.45. The summed E-state index contributed by atoms with van der Waals surface area (Å²) < 4.78 is 38.3. The van der Waals surface area contributed by atoms with Gasteiger partial charge in [0.15, 0.2) is 0 Å². The van der Waals surface area contributed by atoms with Crippen LogP contribution in [0.4, 0.5) is 18.0 Å². The topological polar surface area (TPSA) is 61.4 Å². The van der Waals surface area contributed by atoms with Gasteiger partial charge < -0.3 is 15.5 Å². The highest BCUT2D eigenvalue weighted by atomic mass is 19.4. The van der Waals surface area contributed by atoms with Crippen molar-refractivity contribution in [3.8, 4) is 0 Å². The Labute approximate surface area is 166 Å². The van der Waals surface area contributed by atoms with Crippen LogP contribution in [-0.2, 0) is 12.7 Å². The Morgan fingerprint density at radius 1 is 1.00 bits per heavy atom. The molecule has 3 rings (SSSR count). The van der Waals surface area contributed by atoms with Crippen LogP contribution >= 0.6 is 0 Å². The number of benzene rings is 2. The van der Waals surface area contributed by atoms with Gasteiger partial charge >= 0.3 is 12.2 Å². The molecule has 0 aliphatic carbocycles. The summed E-state index contributed by atoms with van der Waals surface area (Å²) in [6.07, 6.45) is -3.17. The van der Waals surface area contributed by atoms with E-state index in [4.69, 9.17) is 0 Å². The molecule has 0 unspecified atom stereocenters. The summed E-state index contributed by atoms with van der Waals surface area (Å²) >= 11 is 0. The monoisotopic (exact) mass is 405 g/mol. The summed E-state index contributed by atoms with van der Waals surface area (Å²) in [5.41, 5.74) is 0.242. The van der Waals surface area contributed by atoms with E-state index in [1.165, 1.54) is 6.07 Å². The minimum atomic E-state index is -4.41. The number of hydrogen-bond donors (Lipinski definition) is 2. The van der Waals surface area contributed by atoms with Gasteiger partial charge in [-0.1, -0.05) is 30.3 Å². The number of nitrogens with one attached hydrogen (secondary N) is 2. The van der Waals surface area contributed by atoms with Crippen molar-refractivity contribution >= 4 is 11.9 Å². The average molecular weight is 405 g/mol. The van der Waals surface area contributed by atoms with E-state index in [1.54, 1.807) is 35.2 Å². The summed E-state index contributed by atoms with van der Waals surface area (Å²) in [5.74, 6) is -0.141. The Hall–Kier alpha value is -3.03. The molecule has 0 aromatic heterocycles. The summed E-state index contributed by atoms with van der Waals surface area (Å²) in [5, 5.41) is 5.63. The maximum atomic E-state index is 12.8. The minimum absolute atomic E-state index is 0.0183. The predicted molar refractivity (Wildman–Crippen MR) is 102 cm³/mol. The maximum Gasteiger partial charge on any atom is 0.416 e. The number of hydrogen-bond acceptors (Lipinski definition) is 2. The first-order chi connectivity index (χ1) is 13.8. The lowest BCUT2D eigenvalue weighted by Gasteiger charge is -2.32. The quantitative estimate of drug-likeness (QED) is 0.813. The highest BCUT2D eigenvalue weighted by Crippen LogP contribution is 2.29. The molecule has 29 heavy (non-hydrogen) atoms. The number of nitrogens with zero attached hydrogens (tertiary/aromatic N) is 1. The molecule has 2 aromatic carbocycles. The van der Waals surface area contributed by atoms with Gasteiger partial charge in [0.25, 0.3) is 5.91 Å². The van der Waals surface area contributed by atoms with E-state index >= 15 is 0 Å². The lowest BCUT2D eigenvalue weighted by molar-refractivity contribution is -0.137. The van der Waals surface area contributed by atoms with Crippen LogP contribution in [0.2, 0.25) is 0 Å². The second-order valence-electron chi connectivity index (χ2n) is 6.96. The fourth-order valence-corrected chi connectivity index (χ4v) is 3.23. The normalized spacial score (nSPS) is 15.1. The van der Waals surface area contributed by atoms with Crippen molar-refractivity contribution in [2.24, 2.45) is 0 Å². The van der Waals surface area contributed by atoms with Crippen molar-refractivity contribution in [1.82, 2.24) is 15.5 Å². The highest BCUT2D eigenvalue weighted by molar-refractivity contribution is 5.94.